The smallest absolute Gasteiger partial charge is 0.134 e. The monoisotopic (exact) mass is 466 g/mol. The summed E-state index contributed by atoms with van der Waals surface area (Å²) in [5.74, 6) is 1.14. The second-order valence-electron chi connectivity index (χ2n) is 8.95. The first-order chi connectivity index (χ1) is 16.5. The number of unbranched alkanes of at least 4 members (excludes halogenated alkanes) is 2. The second kappa shape index (κ2) is 20.4. The molecule has 0 saturated heterocycles. The zero-order valence-corrected chi connectivity index (χ0v) is 23.9. The molecule has 3 aromatic rings. The van der Waals surface area contributed by atoms with Crippen LogP contribution in [0.3, 0.4) is 0 Å². The molecule has 1 heteroatoms. The summed E-state index contributed by atoms with van der Waals surface area (Å²) in [6, 6.07) is 17.9. The average Bonchev–Trinajstić information content (AvgIpc) is 3.37. The summed E-state index contributed by atoms with van der Waals surface area (Å²) in [6.07, 6.45) is 11.8. The van der Waals surface area contributed by atoms with Gasteiger partial charge >= 0.3 is 0 Å². The van der Waals surface area contributed by atoms with Gasteiger partial charge in [-0.1, -0.05) is 131 Å². The fourth-order valence-corrected chi connectivity index (χ4v) is 3.63. The molecule has 192 valence electrons. The van der Waals surface area contributed by atoms with E-state index >= 15 is 0 Å². The van der Waals surface area contributed by atoms with Crippen LogP contribution in [-0.4, -0.2) is 0 Å². The number of fused-ring (bicyclic) bond motifs is 1. The number of hydrogen-bond acceptors (Lipinski definition) is 1. The molecule has 1 aromatic heterocycles. The van der Waals surface area contributed by atoms with Gasteiger partial charge in [0.2, 0.25) is 0 Å². The highest BCUT2D eigenvalue weighted by Gasteiger charge is 2.16. The van der Waals surface area contributed by atoms with Crippen LogP contribution in [0.25, 0.3) is 11.0 Å². The predicted octanol–water partition coefficient (Wildman–Crippen LogP) is 11.7. The summed E-state index contributed by atoms with van der Waals surface area (Å²) in [7, 11) is 0. The Morgan fingerprint density at radius 3 is 1.74 bits per heavy atom. The minimum atomic E-state index is 0.568. The van der Waals surface area contributed by atoms with E-state index in [1.807, 2.05) is 19.9 Å². The Labute approximate surface area is 212 Å². The van der Waals surface area contributed by atoms with Gasteiger partial charge in [-0.2, -0.15) is 0 Å². The van der Waals surface area contributed by atoms with Crippen LogP contribution in [0.15, 0.2) is 59.2 Å². The van der Waals surface area contributed by atoms with Crippen molar-refractivity contribution in [2.75, 3.05) is 0 Å². The van der Waals surface area contributed by atoms with Crippen molar-refractivity contribution < 1.29 is 4.42 Å². The molecule has 2 unspecified atom stereocenters. The zero-order chi connectivity index (χ0) is 25.8. The van der Waals surface area contributed by atoms with E-state index < -0.39 is 0 Å². The van der Waals surface area contributed by atoms with E-state index in [9.17, 15) is 0 Å². The lowest BCUT2D eigenvalue weighted by Gasteiger charge is -2.21. The summed E-state index contributed by atoms with van der Waals surface area (Å²) in [4.78, 5) is 0. The number of aryl methyl sites for hydroxylation is 1. The maximum atomic E-state index is 5.58. The molecule has 0 amide bonds. The SMILES string of the molecule is CC.CCCC.CCCC.CCCc1ccc(C(C)CC(CC)c2ccc3ccoc3c2)cc1. The van der Waals surface area contributed by atoms with Crippen molar-refractivity contribution in [3.8, 4) is 0 Å². The van der Waals surface area contributed by atoms with Crippen LogP contribution in [0.1, 0.15) is 136 Å². The van der Waals surface area contributed by atoms with Crippen LogP contribution in [0.2, 0.25) is 0 Å². The van der Waals surface area contributed by atoms with E-state index in [-0.39, 0.29) is 0 Å². The van der Waals surface area contributed by atoms with Crippen LogP contribution in [0.5, 0.6) is 0 Å². The molecule has 0 aliphatic carbocycles. The fourth-order valence-electron chi connectivity index (χ4n) is 3.63. The van der Waals surface area contributed by atoms with Crippen molar-refractivity contribution in [3.05, 3.63) is 71.5 Å². The maximum Gasteiger partial charge on any atom is 0.134 e. The van der Waals surface area contributed by atoms with Crippen molar-refractivity contribution in [2.24, 2.45) is 0 Å². The lowest BCUT2D eigenvalue weighted by Crippen LogP contribution is -2.04. The van der Waals surface area contributed by atoms with Gasteiger partial charge in [0.1, 0.15) is 5.58 Å². The van der Waals surface area contributed by atoms with Crippen LogP contribution < -0.4 is 0 Å². The van der Waals surface area contributed by atoms with Crippen molar-refractivity contribution in [2.45, 2.75) is 126 Å². The van der Waals surface area contributed by atoms with Gasteiger partial charge in [-0.25, -0.2) is 0 Å². The molecule has 1 nitrogen and oxygen atoms in total. The van der Waals surface area contributed by atoms with E-state index in [4.69, 9.17) is 4.42 Å². The molecule has 0 radical (unpaired) electrons. The van der Waals surface area contributed by atoms with Crippen LogP contribution in [0, 0.1) is 0 Å². The Morgan fingerprint density at radius 2 is 1.24 bits per heavy atom. The number of benzene rings is 2. The molecule has 0 N–H and O–H groups in total. The highest BCUT2D eigenvalue weighted by molar-refractivity contribution is 5.77. The number of furan rings is 1. The summed E-state index contributed by atoms with van der Waals surface area (Å²) in [5, 5.41) is 1.19. The molecule has 2 atom stereocenters. The first-order valence-electron chi connectivity index (χ1n) is 14.1. The third kappa shape index (κ3) is 11.9. The van der Waals surface area contributed by atoms with Crippen LogP contribution >= 0.6 is 0 Å². The fraction of sp³-hybridized carbons (Fsp3) is 0.576. The van der Waals surface area contributed by atoms with Gasteiger partial charge in [-0.15, -0.1) is 0 Å². The molecule has 0 aliphatic heterocycles. The van der Waals surface area contributed by atoms with Gasteiger partial charge in [-0.3, -0.25) is 0 Å². The van der Waals surface area contributed by atoms with Gasteiger partial charge in [0.05, 0.1) is 6.26 Å². The lowest BCUT2D eigenvalue weighted by atomic mass is 9.84. The molecule has 0 aliphatic rings. The first-order valence-corrected chi connectivity index (χ1v) is 14.1. The molecule has 34 heavy (non-hydrogen) atoms. The van der Waals surface area contributed by atoms with Gasteiger partial charge in [0.25, 0.3) is 0 Å². The van der Waals surface area contributed by atoms with Gasteiger partial charge in [0, 0.05) is 5.39 Å². The third-order valence-corrected chi connectivity index (χ3v) is 6.17. The third-order valence-electron chi connectivity index (χ3n) is 6.17. The maximum absolute atomic E-state index is 5.58. The van der Waals surface area contributed by atoms with E-state index in [0.717, 1.165) is 12.0 Å². The first kappa shape index (κ1) is 32.0. The van der Waals surface area contributed by atoms with Crippen LogP contribution in [0.4, 0.5) is 0 Å². The standard InChI is InChI=1S/C23H28O.2C4H10.C2H6/c1-4-6-18-7-9-20(10-8-18)17(3)15-19(5-2)22-12-11-21-13-14-24-23(21)16-22;2*1-3-4-2;1-2/h7-14,16-17,19H,4-6,15H2,1-3H3;2*3-4H2,1-2H3;1-2H3. The molecule has 0 spiro atoms. The molecule has 0 fully saturated rings. The average molecular weight is 467 g/mol. The molecular weight excluding hydrogens is 412 g/mol. The minimum absolute atomic E-state index is 0.568. The summed E-state index contributed by atoms with van der Waals surface area (Å²) in [5.41, 5.74) is 5.30. The van der Waals surface area contributed by atoms with Crippen molar-refractivity contribution in [3.63, 3.8) is 0 Å². The molecule has 0 bridgehead atoms. The van der Waals surface area contributed by atoms with Gasteiger partial charge in [0.15, 0.2) is 0 Å². The topological polar surface area (TPSA) is 13.1 Å². The van der Waals surface area contributed by atoms with E-state index in [1.165, 1.54) is 67.0 Å². The molecule has 3 rings (SSSR count). The second-order valence-corrected chi connectivity index (χ2v) is 8.95. The van der Waals surface area contributed by atoms with Crippen molar-refractivity contribution >= 4 is 11.0 Å². The van der Waals surface area contributed by atoms with E-state index in [0.29, 0.717) is 11.8 Å². The predicted molar refractivity (Wildman–Crippen MR) is 155 cm³/mol. The Bertz CT molecular complexity index is 819. The Morgan fingerprint density at radius 1 is 0.676 bits per heavy atom. The highest BCUT2D eigenvalue weighted by atomic mass is 16.3. The van der Waals surface area contributed by atoms with Gasteiger partial charge < -0.3 is 4.42 Å². The Kier molecular flexibility index (Phi) is 19.2. The zero-order valence-electron chi connectivity index (χ0n) is 23.9. The Hall–Kier alpha value is -2.02. The Balaban J connectivity index is 0.000000934. The highest BCUT2D eigenvalue weighted by Crippen LogP contribution is 2.33. The molecular formula is C33H54O. The molecule has 2 aromatic carbocycles. The van der Waals surface area contributed by atoms with E-state index in [1.54, 1.807) is 6.26 Å². The summed E-state index contributed by atoms with van der Waals surface area (Å²) < 4.78 is 5.58. The minimum Gasteiger partial charge on any atom is -0.464 e. The molecule has 1 heterocycles. The lowest BCUT2D eigenvalue weighted by molar-refractivity contribution is 0.543. The van der Waals surface area contributed by atoms with Crippen LogP contribution in [-0.2, 0) is 6.42 Å². The van der Waals surface area contributed by atoms with E-state index in [2.05, 4.69) is 90.9 Å². The van der Waals surface area contributed by atoms with Gasteiger partial charge in [-0.05, 0) is 59.9 Å². The largest absolute Gasteiger partial charge is 0.464 e. The van der Waals surface area contributed by atoms with Crippen molar-refractivity contribution in [1.82, 2.24) is 0 Å². The normalized spacial score (nSPS) is 11.8. The van der Waals surface area contributed by atoms with Crippen molar-refractivity contribution in [1.29, 1.82) is 0 Å². The number of hydrogen-bond donors (Lipinski definition) is 0. The summed E-state index contributed by atoms with van der Waals surface area (Å²) >= 11 is 0. The quantitative estimate of drug-likeness (QED) is 0.305. The summed E-state index contributed by atoms with van der Waals surface area (Å²) in [6.45, 7) is 19.6. The number of rotatable bonds is 9. The molecule has 0 saturated carbocycles.